The van der Waals surface area contributed by atoms with E-state index in [0.29, 0.717) is 0 Å². The molecule has 0 aromatic carbocycles. The summed E-state index contributed by atoms with van der Waals surface area (Å²) in [7, 11) is -4.19. The Hall–Kier alpha value is -1.66. The van der Waals surface area contributed by atoms with Gasteiger partial charge in [-0.15, -0.1) is 12.4 Å². The third kappa shape index (κ3) is 13.4. The van der Waals surface area contributed by atoms with Crippen molar-refractivity contribution in [2.45, 2.75) is 70.7 Å². The number of halogens is 5. The first-order valence-electron chi connectivity index (χ1n) is 9.53. The summed E-state index contributed by atoms with van der Waals surface area (Å²) in [5, 5.41) is -5.48. The lowest BCUT2D eigenvalue weighted by molar-refractivity contribution is -0.696. The predicted octanol–water partition coefficient (Wildman–Crippen LogP) is 4.00. The van der Waals surface area contributed by atoms with Gasteiger partial charge < -0.3 is 9.12 Å². The second-order valence-electron chi connectivity index (χ2n) is 6.49. The maximum absolute atomic E-state index is 11.4. The molecule has 0 saturated heterocycles. The zero-order valence-electron chi connectivity index (χ0n) is 17.8. The molecule has 182 valence electrons. The molecule has 0 spiro atoms. The lowest BCUT2D eigenvalue weighted by atomic mass is 10.2. The molecule has 0 aliphatic heterocycles. The molecule has 2 rings (SSSR count). The normalized spacial score (nSPS) is 11.1. The molecule has 2 heterocycles. The molecule has 2 aromatic heterocycles. The van der Waals surface area contributed by atoms with Crippen LogP contribution in [-0.2, 0) is 30.3 Å². The summed E-state index contributed by atoms with van der Waals surface area (Å²) in [6, 6.07) is 0. The molecule has 0 radical (unpaired) electrons. The third-order valence-corrected chi connectivity index (χ3v) is 4.60. The number of imidazole rings is 2. The number of rotatable bonds is 9. The van der Waals surface area contributed by atoms with Crippen molar-refractivity contribution in [2.75, 3.05) is 0 Å². The van der Waals surface area contributed by atoms with Crippen LogP contribution in [0.25, 0.3) is 0 Å². The zero-order chi connectivity index (χ0) is 23.2. The highest BCUT2D eigenvalue weighted by atomic mass is 35.5. The fourth-order valence-corrected chi connectivity index (χ4v) is 2.27. The molecule has 0 unspecified atom stereocenters. The van der Waals surface area contributed by atoms with E-state index in [4.69, 9.17) is 0 Å². The fourth-order valence-electron chi connectivity index (χ4n) is 2.05. The summed E-state index contributed by atoms with van der Waals surface area (Å²) in [6.45, 7) is 6.70. The molecule has 0 fully saturated rings. The minimum absolute atomic E-state index is 0. The van der Waals surface area contributed by atoms with Crippen molar-refractivity contribution in [3.63, 3.8) is 0 Å². The molecule has 31 heavy (non-hydrogen) atoms. The fraction of sp³-hybridized carbons (Fsp3) is 0.667. The van der Waals surface area contributed by atoms with E-state index in [1.165, 1.54) is 32.1 Å². The highest BCUT2D eigenvalue weighted by Crippen LogP contribution is 2.27. The van der Waals surface area contributed by atoms with Crippen LogP contribution in [0.4, 0.5) is 17.6 Å². The smallest absolute Gasteiger partial charge is 0.393 e. The average Bonchev–Trinajstić information content (AvgIpc) is 3.32. The number of aryl methyl sites for hydroxylation is 3. The average molecular weight is 495 g/mol. The molecule has 0 saturated carbocycles. The van der Waals surface area contributed by atoms with Crippen LogP contribution in [-0.4, -0.2) is 38.8 Å². The lowest BCUT2D eigenvalue weighted by Crippen LogP contribution is -2.36. The molecule has 0 bridgehead atoms. The van der Waals surface area contributed by atoms with Crippen molar-refractivity contribution in [1.82, 2.24) is 14.1 Å². The maximum Gasteiger partial charge on any atom is 0.393 e. The van der Waals surface area contributed by atoms with Gasteiger partial charge in [-0.3, -0.25) is 0 Å². The molecular weight excluding hydrogens is 464 g/mol. The van der Waals surface area contributed by atoms with E-state index in [1.54, 1.807) is 0 Å². The van der Waals surface area contributed by atoms with Crippen LogP contribution in [0.2, 0.25) is 0 Å². The van der Waals surface area contributed by atoms with Crippen LogP contribution in [0.5, 0.6) is 0 Å². The van der Waals surface area contributed by atoms with Gasteiger partial charge in [0.15, 0.2) is 10.1 Å². The van der Waals surface area contributed by atoms with Crippen molar-refractivity contribution >= 4 is 22.5 Å². The van der Waals surface area contributed by atoms with Gasteiger partial charge in [-0.2, -0.15) is 8.78 Å². The molecule has 7 nitrogen and oxygen atoms in total. The number of unbranched alkanes of at least 4 members (excludes halogenated alkanes) is 3. The molecule has 13 heteroatoms. The Morgan fingerprint density at radius 1 is 1.13 bits per heavy atom. The van der Waals surface area contributed by atoms with Gasteiger partial charge in [-0.05, 0) is 12.8 Å². The Labute approximate surface area is 187 Å². The quantitative estimate of drug-likeness (QED) is 0.228. The minimum Gasteiger partial charge on any atom is -0.743 e. The first-order valence-corrected chi connectivity index (χ1v) is 10.9. The number of hydrogen-bond donors (Lipinski definition) is 0. The van der Waals surface area contributed by atoms with Crippen molar-refractivity contribution in [3.8, 4) is 0 Å². The van der Waals surface area contributed by atoms with Crippen molar-refractivity contribution in [3.05, 3.63) is 37.4 Å². The van der Waals surface area contributed by atoms with Gasteiger partial charge in [-0.25, -0.2) is 31.3 Å². The molecule has 0 aliphatic rings. The van der Waals surface area contributed by atoms with Gasteiger partial charge in [0.2, 0.25) is 6.33 Å². The van der Waals surface area contributed by atoms with E-state index in [9.17, 15) is 30.5 Å². The summed E-state index contributed by atoms with van der Waals surface area (Å²) in [5.74, 6) is 0. The Kier molecular flexibility index (Phi) is 16.3. The topological polar surface area (TPSA) is 83.8 Å². The van der Waals surface area contributed by atoms with Crippen molar-refractivity contribution in [1.29, 1.82) is 0 Å². The SMILES string of the molecule is CCCCCn1ccnc1.CCCC[n+]1ccn(C)c1.Cl.O=S(=O)([O-])C(F)(F)C(F)F. The van der Waals surface area contributed by atoms with Gasteiger partial charge in [0, 0.05) is 18.9 Å². The number of alkyl halides is 4. The first kappa shape index (κ1) is 31.5. The Balaban J connectivity index is 0. The van der Waals surface area contributed by atoms with Crippen molar-refractivity contribution in [2.24, 2.45) is 7.05 Å². The van der Waals surface area contributed by atoms with Crippen LogP contribution in [0.15, 0.2) is 37.4 Å². The second kappa shape index (κ2) is 16.0. The molecule has 0 aliphatic carbocycles. The Morgan fingerprint density at radius 3 is 2.10 bits per heavy atom. The van der Waals surface area contributed by atoms with Crippen molar-refractivity contribution < 1.29 is 35.1 Å². The van der Waals surface area contributed by atoms with Crippen LogP contribution < -0.4 is 4.57 Å². The summed E-state index contributed by atoms with van der Waals surface area (Å²) in [4.78, 5) is 3.96. The maximum atomic E-state index is 11.4. The Bertz CT molecular complexity index is 788. The van der Waals surface area contributed by atoms with Gasteiger partial charge in [0.05, 0.1) is 19.9 Å². The molecule has 2 aromatic rings. The molecule has 0 N–H and O–H groups in total. The van der Waals surface area contributed by atoms with E-state index in [2.05, 4.69) is 51.3 Å². The molecule has 0 atom stereocenters. The highest BCUT2D eigenvalue weighted by molar-refractivity contribution is 7.86. The number of hydrogen-bond acceptors (Lipinski definition) is 4. The molecular formula is C18H31ClF4N4O3S. The van der Waals surface area contributed by atoms with E-state index < -0.39 is 21.8 Å². The first-order chi connectivity index (χ1) is 14.0. The van der Waals surface area contributed by atoms with E-state index in [0.717, 1.165) is 13.1 Å². The monoisotopic (exact) mass is 494 g/mol. The number of nitrogens with zero attached hydrogens (tertiary/aromatic N) is 4. The summed E-state index contributed by atoms with van der Waals surface area (Å²) in [5.41, 5.74) is 0. The van der Waals surface area contributed by atoms with Gasteiger partial charge in [0.1, 0.15) is 12.4 Å². The molecule has 0 amide bonds. The summed E-state index contributed by atoms with van der Waals surface area (Å²) in [6.07, 6.45) is 13.9. The minimum atomic E-state index is -6.23. The van der Waals surface area contributed by atoms with E-state index in [-0.39, 0.29) is 12.4 Å². The largest absolute Gasteiger partial charge is 0.743 e. The Morgan fingerprint density at radius 2 is 1.74 bits per heavy atom. The highest BCUT2D eigenvalue weighted by Gasteiger charge is 2.48. The van der Waals surface area contributed by atoms with E-state index >= 15 is 0 Å². The predicted molar refractivity (Wildman–Crippen MR) is 110 cm³/mol. The van der Waals surface area contributed by atoms with Crippen LogP contribution in [0.1, 0.15) is 46.0 Å². The van der Waals surface area contributed by atoms with E-state index in [1.807, 2.05) is 25.8 Å². The van der Waals surface area contributed by atoms with Crippen LogP contribution in [0, 0.1) is 0 Å². The summed E-state index contributed by atoms with van der Waals surface area (Å²) >= 11 is 0. The van der Waals surface area contributed by atoms with Gasteiger partial charge in [0.25, 0.3) is 0 Å². The zero-order valence-corrected chi connectivity index (χ0v) is 19.5. The summed E-state index contributed by atoms with van der Waals surface area (Å²) < 4.78 is 79.1. The van der Waals surface area contributed by atoms with Crippen LogP contribution in [0.3, 0.4) is 0 Å². The standard InChI is InChI=1S/C8H15N2.C8H14N2.C2H2F4O3S.ClH/c1-3-4-5-10-7-6-9(2)8-10;1-2-3-4-6-10-7-5-9-8-10;3-1(4)2(5,6)10(7,8)9;/h6-8H,3-5H2,1-2H3;5,7-8H,2-4,6H2,1H3;1H,(H,7,8,9);1H/q+1;;;/p-1. The second-order valence-corrected chi connectivity index (χ2v) is 7.95. The van der Waals surface area contributed by atoms with Gasteiger partial charge in [-0.1, -0.05) is 33.1 Å². The van der Waals surface area contributed by atoms with Gasteiger partial charge >= 0.3 is 11.7 Å². The lowest BCUT2D eigenvalue weighted by Gasteiger charge is -2.17. The number of aromatic nitrogens is 4. The third-order valence-electron chi connectivity index (χ3n) is 3.76. The van der Waals surface area contributed by atoms with Crippen LogP contribution >= 0.6 is 12.4 Å².